The number of halogens is 2. The van der Waals surface area contributed by atoms with Gasteiger partial charge in [-0.2, -0.15) is 0 Å². The zero-order valence-electron chi connectivity index (χ0n) is 18.9. The number of nitrogens with one attached hydrogen (secondary N) is 1. The van der Waals surface area contributed by atoms with Crippen molar-refractivity contribution in [1.29, 1.82) is 0 Å². The van der Waals surface area contributed by atoms with Crippen LogP contribution in [0.2, 0.25) is 5.02 Å². The molecule has 0 bridgehead atoms. The Hall–Kier alpha value is -3.19. The zero-order valence-corrected chi connectivity index (χ0v) is 19.6. The number of benzene rings is 2. The molecule has 6 nitrogen and oxygen atoms in total. The molecule has 0 unspecified atom stereocenters. The van der Waals surface area contributed by atoms with Gasteiger partial charge in [0, 0.05) is 12.5 Å². The lowest BCUT2D eigenvalue weighted by molar-refractivity contribution is -0.146. The normalized spacial score (nSPS) is 17.9. The van der Waals surface area contributed by atoms with Gasteiger partial charge in [-0.1, -0.05) is 59.6 Å². The number of carbonyl (C=O) groups is 2. The van der Waals surface area contributed by atoms with E-state index in [4.69, 9.17) is 20.9 Å². The summed E-state index contributed by atoms with van der Waals surface area (Å²) in [7, 11) is 0. The molecule has 0 spiro atoms. The predicted octanol–water partition coefficient (Wildman–Crippen LogP) is 5.86. The first-order valence-electron chi connectivity index (χ1n) is 11.3. The van der Waals surface area contributed by atoms with E-state index in [2.05, 4.69) is 10.5 Å². The van der Waals surface area contributed by atoms with Gasteiger partial charge in [0.2, 0.25) is 0 Å². The number of amides is 1. The molecule has 34 heavy (non-hydrogen) atoms. The zero-order chi connectivity index (χ0) is 24.1. The molecule has 1 aliphatic rings. The smallest absolute Gasteiger partial charge is 0.306 e. The fraction of sp³-hybridized carbons (Fsp3) is 0.346. The molecule has 2 atom stereocenters. The molecule has 2 aromatic carbocycles. The Bertz CT molecular complexity index is 1140. The largest absolute Gasteiger partial charge is 0.461 e. The van der Waals surface area contributed by atoms with E-state index in [1.807, 2.05) is 30.3 Å². The van der Waals surface area contributed by atoms with Gasteiger partial charge in [-0.3, -0.25) is 9.59 Å². The second kappa shape index (κ2) is 10.8. The maximum Gasteiger partial charge on any atom is 0.306 e. The topological polar surface area (TPSA) is 81.4 Å². The lowest BCUT2D eigenvalue weighted by atomic mass is 9.83. The van der Waals surface area contributed by atoms with E-state index >= 15 is 0 Å². The monoisotopic (exact) mass is 484 g/mol. The van der Waals surface area contributed by atoms with Gasteiger partial charge in [-0.25, -0.2) is 4.39 Å². The number of aryl methyl sites for hydroxylation is 1. The van der Waals surface area contributed by atoms with Gasteiger partial charge in [0.15, 0.2) is 0 Å². The van der Waals surface area contributed by atoms with Crippen molar-refractivity contribution in [2.75, 3.05) is 0 Å². The van der Waals surface area contributed by atoms with Gasteiger partial charge >= 0.3 is 5.97 Å². The van der Waals surface area contributed by atoms with E-state index in [0.29, 0.717) is 12.8 Å². The number of nitrogens with zero attached hydrogens (tertiary/aromatic N) is 1. The third-order valence-corrected chi connectivity index (χ3v) is 6.42. The van der Waals surface area contributed by atoms with Gasteiger partial charge in [0.05, 0.1) is 10.6 Å². The van der Waals surface area contributed by atoms with E-state index in [1.54, 1.807) is 6.92 Å². The summed E-state index contributed by atoms with van der Waals surface area (Å²) in [5.74, 6) is -0.825. The van der Waals surface area contributed by atoms with Gasteiger partial charge in [0.25, 0.3) is 5.91 Å². The van der Waals surface area contributed by atoms with Gasteiger partial charge in [-0.05, 0) is 49.8 Å². The van der Waals surface area contributed by atoms with Crippen molar-refractivity contribution >= 4 is 23.5 Å². The highest BCUT2D eigenvalue weighted by Crippen LogP contribution is 2.34. The van der Waals surface area contributed by atoms with Crippen molar-refractivity contribution in [3.8, 4) is 11.3 Å². The van der Waals surface area contributed by atoms with Gasteiger partial charge in [0.1, 0.15) is 29.4 Å². The summed E-state index contributed by atoms with van der Waals surface area (Å²) >= 11 is 6.18. The molecular weight excluding hydrogens is 459 g/mol. The van der Waals surface area contributed by atoms with E-state index in [1.165, 1.54) is 18.2 Å². The molecule has 0 saturated heterocycles. The Morgan fingerprint density at radius 2 is 1.97 bits per heavy atom. The third kappa shape index (κ3) is 5.65. The first-order chi connectivity index (χ1) is 16.4. The van der Waals surface area contributed by atoms with Crippen molar-refractivity contribution < 1.29 is 23.2 Å². The highest BCUT2D eigenvalue weighted by molar-refractivity contribution is 6.33. The summed E-state index contributed by atoms with van der Waals surface area (Å²) < 4.78 is 25.1. The van der Waals surface area contributed by atoms with Crippen LogP contribution in [0.4, 0.5) is 4.39 Å². The Kier molecular flexibility index (Phi) is 7.63. The van der Waals surface area contributed by atoms with Crippen LogP contribution < -0.4 is 5.32 Å². The minimum absolute atomic E-state index is 0.0360. The lowest BCUT2D eigenvalue weighted by Crippen LogP contribution is -2.39. The van der Waals surface area contributed by atoms with E-state index in [0.717, 1.165) is 24.8 Å². The summed E-state index contributed by atoms with van der Waals surface area (Å²) in [6.07, 6.45) is 3.54. The van der Waals surface area contributed by atoms with Crippen LogP contribution in [0.1, 0.15) is 53.8 Å². The minimum Gasteiger partial charge on any atom is -0.461 e. The first-order valence-corrected chi connectivity index (χ1v) is 11.7. The predicted molar refractivity (Wildman–Crippen MR) is 126 cm³/mol. The molecule has 1 amide bonds. The summed E-state index contributed by atoms with van der Waals surface area (Å²) in [5.41, 5.74) is 1.22. The summed E-state index contributed by atoms with van der Waals surface area (Å²) in [5, 5.41) is 7.06. The second-order valence-electron chi connectivity index (χ2n) is 8.61. The van der Waals surface area contributed by atoms with Crippen LogP contribution in [-0.4, -0.2) is 23.1 Å². The molecule has 3 aromatic rings. The van der Waals surface area contributed by atoms with Gasteiger partial charge < -0.3 is 14.6 Å². The highest BCUT2D eigenvalue weighted by atomic mass is 35.5. The number of rotatable bonds is 7. The Labute approximate surface area is 202 Å². The Morgan fingerprint density at radius 1 is 1.18 bits per heavy atom. The van der Waals surface area contributed by atoms with Crippen molar-refractivity contribution in [3.05, 3.63) is 76.3 Å². The molecule has 1 aromatic heterocycles. The number of carbonyl (C=O) groups excluding carboxylic acids is 2. The van der Waals surface area contributed by atoms with Crippen LogP contribution in [0.25, 0.3) is 11.3 Å². The van der Waals surface area contributed by atoms with Gasteiger partial charge in [-0.15, -0.1) is 0 Å². The average molecular weight is 485 g/mol. The van der Waals surface area contributed by atoms with Crippen LogP contribution in [0.3, 0.4) is 0 Å². The molecule has 1 fully saturated rings. The molecule has 1 aliphatic carbocycles. The quantitative estimate of drug-likeness (QED) is 0.424. The van der Waals surface area contributed by atoms with E-state index in [9.17, 15) is 14.0 Å². The lowest BCUT2D eigenvalue weighted by Gasteiger charge is -2.29. The summed E-state index contributed by atoms with van der Waals surface area (Å²) in [6, 6.07) is 13.7. The number of hydrogen-bond acceptors (Lipinski definition) is 5. The number of aromatic nitrogens is 1. The van der Waals surface area contributed by atoms with Crippen molar-refractivity contribution in [3.63, 3.8) is 0 Å². The second-order valence-corrected chi connectivity index (χ2v) is 9.02. The molecule has 178 valence electrons. The molecule has 1 heterocycles. The Morgan fingerprint density at radius 3 is 2.74 bits per heavy atom. The standard InChI is InChI=1S/C26H26ClFN2O4/c1-16-23(25(30-34-16)24-20(27)11-6-12-21(24)28)26(32)29-19-10-5-9-18(13-19)14-22(31)33-15-17-7-3-2-4-8-17/h2-4,6-8,11-12,18-19H,5,9-10,13-15H2,1H3,(H,29,32)/t18-,19+/m0/s1. The molecule has 1 saturated carbocycles. The van der Waals surface area contributed by atoms with Crippen molar-refractivity contribution in [1.82, 2.24) is 10.5 Å². The number of ether oxygens (including phenoxy) is 1. The minimum atomic E-state index is -0.582. The molecule has 0 aliphatic heterocycles. The van der Waals surface area contributed by atoms with Crippen LogP contribution in [0.15, 0.2) is 53.1 Å². The molecule has 4 rings (SSSR count). The Balaban J connectivity index is 1.38. The van der Waals surface area contributed by atoms with E-state index < -0.39 is 11.7 Å². The number of hydrogen-bond donors (Lipinski definition) is 1. The average Bonchev–Trinajstić information content (AvgIpc) is 3.19. The van der Waals surface area contributed by atoms with Crippen LogP contribution in [0.5, 0.6) is 0 Å². The van der Waals surface area contributed by atoms with Crippen LogP contribution >= 0.6 is 11.6 Å². The summed E-state index contributed by atoms with van der Waals surface area (Å²) in [6.45, 7) is 1.85. The van der Waals surface area contributed by atoms with Crippen LogP contribution in [-0.2, 0) is 16.1 Å². The first kappa shape index (κ1) is 24.0. The van der Waals surface area contributed by atoms with Crippen molar-refractivity contribution in [2.24, 2.45) is 5.92 Å². The SMILES string of the molecule is Cc1onc(-c2c(F)cccc2Cl)c1C(=O)N[C@@H]1CCC[C@H](CC(=O)OCc2ccccc2)C1. The summed E-state index contributed by atoms with van der Waals surface area (Å²) in [4.78, 5) is 25.5. The van der Waals surface area contributed by atoms with E-state index in [-0.39, 0.29) is 52.1 Å². The third-order valence-electron chi connectivity index (χ3n) is 6.11. The molecule has 1 N–H and O–H groups in total. The molecule has 8 heteroatoms. The van der Waals surface area contributed by atoms with Crippen LogP contribution in [0, 0.1) is 18.7 Å². The highest BCUT2D eigenvalue weighted by Gasteiger charge is 2.30. The molecule has 0 radical (unpaired) electrons. The molecular formula is C26H26ClFN2O4. The fourth-order valence-corrected chi connectivity index (χ4v) is 4.68. The fourth-order valence-electron chi connectivity index (χ4n) is 4.43. The maximum absolute atomic E-state index is 14.4. The number of esters is 1. The maximum atomic E-state index is 14.4. The van der Waals surface area contributed by atoms with Crippen molar-refractivity contribution in [2.45, 2.75) is 51.7 Å².